The highest BCUT2D eigenvalue weighted by Gasteiger charge is 2.21. The van der Waals surface area contributed by atoms with Gasteiger partial charge in [0, 0.05) is 5.56 Å². The number of carboxylic acid groups (broad SMARTS) is 1. The van der Waals surface area contributed by atoms with Gasteiger partial charge in [0.1, 0.15) is 23.6 Å². The minimum atomic E-state index is -0.972. The second kappa shape index (κ2) is 9.78. The average Bonchev–Trinajstić information content (AvgIpc) is 3.14. The summed E-state index contributed by atoms with van der Waals surface area (Å²) in [6, 6.07) is 15.1. The van der Waals surface area contributed by atoms with Gasteiger partial charge in [0.05, 0.1) is 18.8 Å². The lowest BCUT2D eigenvalue weighted by Crippen LogP contribution is -2.00. The lowest BCUT2D eigenvalue weighted by Gasteiger charge is -2.08. The van der Waals surface area contributed by atoms with Gasteiger partial charge in [0.15, 0.2) is 5.76 Å². The number of aromatic nitrogens is 1. The van der Waals surface area contributed by atoms with E-state index in [4.69, 9.17) is 14.0 Å². The molecule has 0 spiro atoms. The van der Waals surface area contributed by atoms with Crippen LogP contribution in [0.4, 0.5) is 0 Å². The number of aliphatic carboxylic acids is 1. The smallest absolute Gasteiger partial charge is 0.311 e. The van der Waals surface area contributed by atoms with Gasteiger partial charge in [0.25, 0.3) is 0 Å². The normalized spacial score (nSPS) is 10.7. The molecule has 1 heterocycles. The number of nitrogens with zero attached hydrogens (tertiary/aromatic N) is 1. The van der Waals surface area contributed by atoms with Crippen molar-refractivity contribution in [3.05, 3.63) is 54.3 Å². The Bertz CT molecular complexity index is 929. The zero-order valence-corrected chi connectivity index (χ0v) is 16.7. The maximum atomic E-state index is 11.3. The number of carbonyl (C=O) groups is 1. The van der Waals surface area contributed by atoms with Crippen LogP contribution < -0.4 is 9.47 Å². The van der Waals surface area contributed by atoms with Crippen molar-refractivity contribution in [3.63, 3.8) is 0 Å². The SMILES string of the molecule is CCCOc1ccc(-c2noc(CC(=O)O)c2-c2ccc(OCCC)cc2)cc1. The molecule has 29 heavy (non-hydrogen) atoms. The molecule has 0 amide bonds. The molecule has 0 fully saturated rings. The summed E-state index contributed by atoms with van der Waals surface area (Å²) in [5.74, 6) is 0.899. The van der Waals surface area contributed by atoms with Gasteiger partial charge in [0.2, 0.25) is 0 Å². The Balaban J connectivity index is 1.96. The monoisotopic (exact) mass is 395 g/mol. The van der Waals surface area contributed by atoms with Crippen LogP contribution in [0.15, 0.2) is 53.1 Å². The molecule has 152 valence electrons. The van der Waals surface area contributed by atoms with Crippen LogP contribution in [0.3, 0.4) is 0 Å². The van der Waals surface area contributed by atoms with Gasteiger partial charge >= 0.3 is 5.97 Å². The average molecular weight is 395 g/mol. The molecule has 0 aliphatic carbocycles. The summed E-state index contributed by atoms with van der Waals surface area (Å²) < 4.78 is 16.7. The van der Waals surface area contributed by atoms with E-state index in [1.165, 1.54) is 0 Å². The summed E-state index contributed by atoms with van der Waals surface area (Å²) in [6.45, 7) is 5.41. The first kappa shape index (κ1) is 20.5. The van der Waals surface area contributed by atoms with Crippen LogP contribution in [-0.4, -0.2) is 29.4 Å². The second-order valence-corrected chi connectivity index (χ2v) is 6.65. The predicted octanol–water partition coefficient (Wildman–Crippen LogP) is 5.21. The van der Waals surface area contributed by atoms with E-state index in [0.717, 1.165) is 35.5 Å². The number of hydrogen-bond donors (Lipinski definition) is 1. The first-order chi connectivity index (χ1) is 14.1. The molecule has 0 aliphatic rings. The summed E-state index contributed by atoms with van der Waals surface area (Å²) in [5, 5.41) is 13.4. The molecule has 6 nitrogen and oxygen atoms in total. The molecule has 0 radical (unpaired) electrons. The molecule has 1 N–H and O–H groups in total. The second-order valence-electron chi connectivity index (χ2n) is 6.65. The first-order valence-electron chi connectivity index (χ1n) is 9.79. The maximum Gasteiger partial charge on any atom is 0.311 e. The van der Waals surface area contributed by atoms with Crippen molar-refractivity contribution >= 4 is 5.97 Å². The highest BCUT2D eigenvalue weighted by Crippen LogP contribution is 2.36. The van der Waals surface area contributed by atoms with Crippen LogP contribution in [0, 0.1) is 0 Å². The third kappa shape index (κ3) is 5.16. The van der Waals surface area contributed by atoms with Gasteiger partial charge in [-0.1, -0.05) is 31.1 Å². The van der Waals surface area contributed by atoms with Crippen LogP contribution in [0.2, 0.25) is 0 Å². The van der Waals surface area contributed by atoms with E-state index in [-0.39, 0.29) is 6.42 Å². The lowest BCUT2D eigenvalue weighted by atomic mass is 9.98. The zero-order chi connectivity index (χ0) is 20.6. The van der Waals surface area contributed by atoms with Crippen molar-refractivity contribution in [1.29, 1.82) is 0 Å². The highest BCUT2D eigenvalue weighted by atomic mass is 16.5. The van der Waals surface area contributed by atoms with Gasteiger partial charge < -0.3 is 19.1 Å². The van der Waals surface area contributed by atoms with E-state index in [1.807, 2.05) is 48.5 Å². The van der Waals surface area contributed by atoms with E-state index in [0.29, 0.717) is 30.2 Å². The van der Waals surface area contributed by atoms with Crippen LogP contribution in [0.5, 0.6) is 11.5 Å². The van der Waals surface area contributed by atoms with Crippen molar-refractivity contribution in [2.45, 2.75) is 33.1 Å². The summed E-state index contributed by atoms with van der Waals surface area (Å²) >= 11 is 0. The Kier molecular flexibility index (Phi) is 6.89. The van der Waals surface area contributed by atoms with Gasteiger partial charge in [-0.05, 0) is 54.8 Å². The van der Waals surface area contributed by atoms with Crippen LogP contribution >= 0.6 is 0 Å². The minimum absolute atomic E-state index is 0.242. The quantitative estimate of drug-likeness (QED) is 0.507. The molecule has 1 aromatic heterocycles. The fourth-order valence-corrected chi connectivity index (χ4v) is 2.94. The standard InChI is InChI=1S/C23H25NO5/c1-3-13-27-18-9-5-16(6-10-18)22-20(15-21(25)26)29-24-23(22)17-7-11-19(12-8-17)28-14-4-2/h5-12H,3-4,13-15H2,1-2H3,(H,25,26). The summed E-state index contributed by atoms with van der Waals surface area (Å²) in [4.78, 5) is 11.3. The molecule has 3 rings (SSSR count). The minimum Gasteiger partial charge on any atom is -0.494 e. The van der Waals surface area contributed by atoms with Crippen molar-refractivity contribution in [1.82, 2.24) is 5.16 Å². The Morgan fingerprint density at radius 2 is 1.41 bits per heavy atom. The summed E-state index contributed by atoms with van der Waals surface area (Å²) in [6.07, 6.45) is 1.62. The predicted molar refractivity (Wildman–Crippen MR) is 110 cm³/mol. The van der Waals surface area contributed by atoms with Gasteiger partial charge in [-0.2, -0.15) is 0 Å². The Morgan fingerprint density at radius 1 is 0.897 bits per heavy atom. The van der Waals surface area contributed by atoms with Crippen molar-refractivity contribution < 1.29 is 23.9 Å². The molecule has 0 bridgehead atoms. The molecule has 6 heteroatoms. The van der Waals surface area contributed by atoms with E-state index in [9.17, 15) is 9.90 Å². The fraction of sp³-hybridized carbons (Fsp3) is 0.304. The molecular formula is C23H25NO5. The van der Waals surface area contributed by atoms with Crippen molar-refractivity contribution in [2.75, 3.05) is 13.2 Å². The number of rotatable bonds is 10. The largest absolute Gasteiger partial charge is 0.494 e. The lowest BCUT2D eigenvalue weighted by molar-refractivity contribution is -0.136. The molecule has 0 saturated heterocycles. The van der Waals surface area contributed by atoms with E-state index in [1.54, 1.807) is 0 Å². The van der Waals surface area contributed by atoms with Crippen LogP contribution in [-0.2, 0) is 11.2 Å². The number of ether oxygens (including phenoxy) is 2. The Morgan fingerprint density at radius 3 is 1.90 bits per heavy atom. The molecule has 3 aromatic rings. The van der Waals surface area contributed by atoms with E-state index in [2.05, 4.69) is 19.0 Å². The zero-order valence-electron chi connectivity index (χ0n) is 16.7. The van der Waals surface area contributed by atoms with E-state index < -0.39 is 5.97 Å². The topological polar surface area (TPSA) is 81.8 Å². The van der Waals surface area contributed by atoms with Crippen molar-refractivity contribution in [2.24, 2.45) is 0 Å². The first-order valence-corrected chi connectivity index (χ1v) is 9.79. The summed E-state index contributed by atoms with van der Waals surface area (Å²) in [7, 11) is 0. The fourth-order valence-electron chi connectivity index (χ4n) is 2.94. The van der Waals surface area contributed by atoms with Gasteiger partial charge in [-0.25, -0.2) is 0 Å². The van der Waals surface area contributed by atoms with E-state index >= 15 is 0 Å². The van der Waals surface area contributed by atoms with Crippen LogP contribution in [0.25, 0.3) is 22.4 Å². The third-order valence-corrected chi connectivity index (χ3v) is 4.29. The molecule has 0 aliphatic heterocycles. The third-order valence-electron chi connectivity index (χ3n) is 4.29. The number of benzene rings is 2. The van der Waals surface area contributed by atoms with Crippen molar-refractivity contribution in [3.8, 4) is 33.9 Å². The Hall–Kier alpha value is -3.28. The van der Waals surface area contributed by atoms with Gasteiger partial charge in [-0.15, -0.1) is 0 Å². The van der Waals surface area contributed by atoms with Gasteiger partial charge in [-0.3, -0.25) is 4.79 Å². The highest BCUT2D eigenvalue weighted by molar-refractivity contribution is 5.85. The molecular weight excluding hydrogens is 370 g/mol. The summed E-state index contributed by atoms with van der Waals surface area (Å²) in [5.41, 5.74) is 2.94. The molecule has 0 unspecified atom stereocenters. The van der Waals surface area contributed by atoms with Crippen LogP contribution in [0.1, 0.15) is 32.4 Å². The molecule has 0 saturated carbocycles. The molecule has 2 aromatic carbocycles. The molecule has 0 atom stereocenters. The Labute approximate surface area is 170 Å². The number of carboxylic acids is 1. The number of hydrogen-bond acceptors (Lipinski definition) is 5. The maximum absolute atomic E-state index is 11.3.